The lowest BCUT2D eigenvalue weighted by atomic mass is 9.98. The maximum atomic E-state index is 12.6. The number of likely N-dealkylation sites (N-methyl/N-ethyl adjacent to an activating group) is 1. The van der Waals surface area contributed by atoms with Crippen molar-refractivity contribution in [2.75, 3.05) is 13.7 Å². The van der Waals surface area contributed by atoms with E-state index in [0.717, 1.165) is 18.4 Å². The zero-order chi connectivity index (χ0) is 19.6. The van der Waals surface area contributed by atoms with Crippen LogP contribution in [0.5, 0.6) is 0 Å². The molecule has 0 saturated carbocycles. The fourth-order valence-electron chi connectivity index (χ4n) is 4.13. The van der Waals surface area contributed by atoms with Crippen LogP contribution in [0.4, 0.5) is 0 Å². The molecule has 2 saturated heterocycles. The summed E-state index contributed by atoms with van der Waals surface area (Å²) in [5.74, 6) is -1.40. The Morgan fingerprint density at radius 1 is 1.11 bits per heavy atom. The minimum absolute atomic E-state index is 0.0635. The summed E-state index contributed by atoms with van der Waals surface area (Å²) in [5.41, 5.74) is 0.754. The third-order valence-electron chi connectivity index (χ3n) is 5.76. The van der Waals surface area contributed by atoms with E-state index in [0.29, 0.717) is 6.42 Å². The Kier molecular flexibility index (Phi) is 6.17. The maximum absolute atomic E-state index is 12.6. The van der Waals surface area contributed by atoms with Gasteiger partial charge in [0.05, 0.1) is 18.6 Å². The van der Waals surface area contributed by atoms with Gasteiger partial charge in [-0.05, 0) is 12.6 Å². The van der Waals surface area contributed by atoms with E-state index in [-0.39, 0.29) is 42.8 Å². The highest BCUT2D eigenvalue weighted by Gasteiger charge is 2.48. The van der Waals surface area contributed by atoms with Gasteiger partial charge in [-0.1, -0.05) is 44.2 Å². The molecule has 2 aliphatic heterocycles. The Hall–Kier alpha value is -1.92. The number of aliphatic hydroxyl groups is 1. The van der Waals surface area contributed by atoms with Gasteiger partial charge in [-0.15, -0.1) is 0 Å². The minimum atomic E-state index is -0.668. The molecule has 2 fully saturated rings. The van der Waals surface area contributed by atoms with Gasteiger partial charge in [-0.25, -0.2) is 0 Å². The van der Waals surface area contributed by atoms with Gasteiger partial charge in [0.1, 0.15) is 18.1 Å². The molecule has 1 aromatic carbocycles. The molecule has 1 aromatic rings. The second kappa shape index (κ2) is 8.40. The predicted molar refractivity (Wildman–Crippen MR) is 100 cm³/mol. The second-order valence-electron chi connectivity index (χ2n) is 7.93. The summed E-state index contributed by atoms with van der Waals surface area (Å²) in [5, 5.41) is 9.66. The number of carbonyl (C=O) groups excluding carboxylic acids is 2. The van der Waals surface area contributed by atoms with Gasteiger partial charge < -0.3 is 14.6 Å². The third kappa shape index (κ3) is 4.33. The molecule has 1 N–H and O–H groups in total. The van der Waals surface area contributed by atoms with Crippen LogP contribution >= 0.6 is 0 Å². The van der Waals surface area contributed by atoms with Crippen LogP contribution in [-0.2, 0) is 19.1 Å². The van der Waals surface area contributed by atoms with Gasteiger partial charge in [0.15, 0.2) is 0 Å². The number of ether oxygens (including phenoxy) is 2. The van der Waals surface area contributed by atoms with Crippen LogP contribution < -0.4 is 0 Å². The summed E-state index contributed by atoms with van der Waals surface area (Å²) in [6.07, 6.45) is 1.77. The van der Waals surface area contributed by atoms with Crippen molar-refractivity contribution in [1.82, 2.24) is 4.90 Å². The summed E-state index contributed by atoms with van der Waals surface area (Å²) < 4.78 is 11.4. The molecule has 2 heterocycles. The molecule has 6 heteroatoms. The Labute approximate surface area is 160 Å². The number of carbonyl (C=O) groups is 2. The van der Waals surface area contributed by atoms with E-state index in [1.54, 1.807) is 0 Å². The van der Waals surface area contributed by atoms with E-state index in [2.05, 4.69) is 4.90 Å². The van der Waals surface area contributed by atoms with Crippen LogP contribution in [0, 0.1) is 5.92 Å². The maximum Gasteiger partial charge on any atom is 0.316 e. The van der Waals surface area contributed by atoms with Crippen molar-refractivity contribution < 1.29 is 24.2 Å². The molecule has 2 bridgehead atoms. The lowest BCUT2D eigenvalue weighted by Crippen LogP contribution is -2.46. The molecular formula is C21H29NO5. The molecule has 5 atom stereocenters. The van der Waals surface area contributed by atoms with Crippen LogP contribution in [0.1, 0.15) is 44.6 Å². The first-order valence-corrected chi connectivity index (χ1v) is 9.69. The van der Waals surface area contributed by atoms with Crippen molar-refractivity contribution >= 4 is 11.9 Å². The summed E-state index contributed by atoms with van der Waals surface area (Å²) in [7, 11) is 2.04. The van der Waals surface area contributed by atoms with Crippen LogP contribution in [0.2, 0.25) is 0 Å². The quantitative estimate of drug-likeness (QED) is 0.768. The fourth-order valence-corrected chi connectivity index (χ4v) is 4.13. The number of rotatable bonds is 6. The SMILES string of the molecule is CC(C)C(=O)OC1C[C@@H]2CC(OC(=O)C(CO)c3ccccc3)C[C@H]1N2C. The molecular weight excluding hydrogens is 346 g/mol. The van der Waals surface area contributed by atoms with Crippen molar-refractivity contribution in [2.24, 2.45) is 5.92 Å². The number of fused-ring (bicyclic) bond motifs is 2. The van der Waals surface area contributed by atoms with Gasteiger partial charge >= 0.3 is 11.9 Å². The van der Waals surface area contributed by atoms with Crippen molar-refractivity contribution in [3.05, 3.63) is 35.9 Å². The number of nitrogens with zero attached hydrogens (tertiary/aromatic N) is 1. The van der Waals surface area contributed by atoms with Gasteiger partial charge in [0.25, 0.3) is 0 Å². The van der Waals surface area contributed by atoms with E-state index in [1.807, 2.05) is 51.2 Å². The third-order valence-corrected chi connectivity index (χ3v) is 5.76. The van der Waals surface area contributed by atoms with E-state index in [9.17, 15) is 14.7 Å². The van der Waals surface area contributed by atoms with Gasteiger partial charge in [-0.3, -0.25) is 14.5 Å². The van der Waals surface area contributed by atoms with Crippen LogP contribution in [0.3, 0.4) is 0 Å². The summed E-state index contributed by atoms with van der Waals surface area (Å²) in [6, 6.07) is 9.49. The molecule has 0 spiro atoms. The lowest BCUT2D eigenvalue weighted by molar-refractivity contribution is -0.159. The summed E-state index contributed by atoms with van der Waals surface area (Å²) in [4.78, 5) is 26.8. The molecule has 0 aromatic heterocycles. The smallest absolute Gasteiger partial charge is 0.316 e. The number of benzene rings is 1. The van der Waals surface area contributed by atoms with Crippen LogP contribution in [-0.4, -0.2) is 59.9 Å². The lowest BCUT2D eigenvalue weighted by Gasteiger charge is -2.36. The van der Waals surface area contributed by atoms with Gasteiger partial charge in [-0.2, -0.15) is 0 Å². The van der Waals surface area contributed by atoms with Gasteiger partial charge in [0, 0.05) is 25.3 Å². The molecule has 6 nitrogen and oxygen atoms in total. The minimum Gasteiger partial charge on any atom is -0.462 e. The number of piperidine rings is 1. The van der Waals surface area contributed by atoms with Crippen LogP contribution in [0.25, 0.3) is 0 Å². The largest absolute Gasteiger partial charge is 0.462 e. The molecule has 3 rings (SSSR count). The average Bonchev–Trinajstić information content (AvgIpc) is 2.81. The zero-order valence-corrected chi connectivity index (χ0v) is 16.2. The van der Waals surface area contributed by atoms with E-state index >= 15 is 0 Å². The first-order chi connectivity index (χ1) is 12.9. The number of hydrogen-bond donors (Lipinski definition) is 1. The molecule has 27 heavy (non-hydrogen) atoms. The topological polar surface area (TPSA) is 76.1 Å². The molecule has 2 aliphatic rings. The van der Waals surface area contributed by atoms with Crippen LogP contribution in [0.15, 0.2) is 30.3 Å². The van der Waals surface area contributed by atoms with E-state index in [1.165, 1.54) is 0 Å². The number of esters is 2. The Morgan fingerprint density at radius 2 is 1.81 bits per heavy atom. The summed E-state index contributed by atoms with van der Waals surface area (Å²) >= 11 is 0. The van der Waals surface area contributed by atoms with Gasteiger partial charge in [0.2, 0.25) is 0 Å². The van der Waals surface area contributed by atoms with E-state index in [4.69, 9.17) is 9.47 Å². The average molecular weight is 375 g/mol. The molecule has 0 radical (unpaired) electrons. The normalized spacial score (nSPS) is 28.8. The molecule has 3 unspecified atom stereocenters. The Balaban J connectivity index is 1.63. The second-order valence-corrected chi connectivity index (χ2v) is 7.93. The first-order valence-electron chi connectivity index (χ1n) is 9.69. The highest BCUT2D eigenvalue weighted by Crippen LogP contribution is 2.38. The van der Waals surface area contributed by atoms with Crippen molar-refractivity contribution in [3.63, 3.8) is 0 Å². The van der Waals surface area contributed by atoms with Crippen molar-refractivity contribution in [1.29, 1.82) is 0 Å². The summed E-state index contributed by atoms with van der Waals surface area (Å²) in [6.45, 7) is 3.38. The van der Waals surface area contributed by atoms with Crippen molar-refractivity contribution in [3.8, 4) is 0 Å². The first kappa shape index (κ1) is 19.8. The monoisotopic (exact) mass is 375 g/mol. The predicted octanol–water partition coefficient (Wildman–Crippen LogP) is 2.11. The van der Waals surface area contributed by atoms with E-state index < -0.39 is 11.9 Å². The standard InChI is InChI=1S/C21H29NO5/c1-13(2)20(24)27-19-10-15-9-16(11-18(19)22(15)3)26-21(25)17(12-23)14-7-5-4-6-8-14/h4-8,13,15-19,23H,9-12H2,1-3H3/t15-,16?,17?,18+,19?/m0/s1. The molecule has 148 valence electrons. The highest BCUT2D eigenvalue weighted by molar-refractivity contribution is 5.78. The highest BCUT2D eigenvalue weighted by atomic mass is 16.6. The fraction of sp³-hybridized carbons (Fsp3) is 0.619. The number of hydrogen-bond acceptors (Lipinski definition) is 6. The number of aliphatic hydroxyl groups excluding tert-OH is 1. The molecule has 0 aliphatic carbocycles. The Morgan fingerprint density at radius 3 is 2.44 bits per heavy atom. The zero-order valence-electron chi connectivity index (χ0n) is 16.2. The molecule has 0 amide bonds. The Bertz CT molecular complexity index is 662. The van der Waals surface area contributed by atoms with Crippen molar-refractivity contribution in [2.45, 2.75) is 63.3 Å².